The lowest BCUT2D eigenvalue weighted by atomic mass is 9.57. The molecule has 162 valence electrons. The summed E-state index contributed by atoms with van der Waals surface area (Å²) in [5, 5.41) is 2.87. The van der Waals surface area contributed by atoms with Gasteiger partial charge in [0.2, 0.25) is 0 Å². The van der Waals surface area contributed by atoms with Gasteiger partial charge >= 0.3 is 0 Å². The van der Waals surface area contributed by atoms with Gasteiger partial charge in [-0.05, 0) is 57.8 Å². The Bertz CT molecular complexity index is 812. The van der Waals surface area contributed by atoms with Crippen LogP contribution < -0.4 is 10.4 Å². The molecule has 0 saturated heterocycles. The topological polar surface area (TPSA) is 9.23 Å². The Labute approximate surface area is 185 Å². The molecule has 0 heterocycles. The van der Waals surface area contributed by atoms with Crippen LogP contribution in [0.15, 0.2) is 60.7 Å². The third-order valence-corrected chi connectivity index (χ3v) is 13.5. The second kappa shape index (κ2) is 7.64. The SMILES string of the molecule is CC1(C)CCC[C@]2(C)[C@@H](O[Si](c3ccccc3)(c3ccccc3)C(C)(C)C)CC[C@@H]12. The molecule has 30 heavy (non-hydrogen) atoms. The Morgan fingerprint density at radius 2 is 1.33 bits per heavy atom. The van der Waals surface area contributed by atoms with Crippen molar-refractivity contribution < 1.29 is 4.43 Å². The molecule has 0 bridgehead atoms. The van der Waals surface area contributed by atoms with E-state index in [0.29, 0.717) is 11.5 Å². The van der Waals surface area contributed by atoms with Crippen LogP contribution in [0.4, 0.5) is 0 Å². The van der Waals surface area contributed by atoms with Crippen LogP contribution in [0, 0.1) is 16.7 Å². The largest absolute Gasteiger partial charge is 0.404 e. The molecular formula is C28H40OSi. The van der Waals surface area contributed by atoms with E-state index >= 15 is 0 Å². The fourth-order valence-corrected chi connectivity index (χ4v) is 11.8. The maximum atomic E-state index is 7.64. The molecular weight excluding hydrogens is 380 g/mol. The minimum atomic E-state index is -2.48. The third kappa shape index (κ3) is 3.41. The zero-order valence-electron chi connectivity index (χ0n) is 19.9. The number of benzene rings is 2. The minimum absolute atomic E-state index is 0.0499. The molecule has 0 spiro atoms. The molecule has 2 fully saturated rings. The van der Waals surface area contributed by atoms with E-state index in [1.54, 1.807) is 0 Å². The Kier molecular flexibility index (Phi) is 5.56. The van der Waals surface area contributed by atoms with Crippen LogP contribution in [0.25, 0.3) is 0 Å². The second-order valence-electron chi connectivity index (χ2n) is 11.7. The van der Waals surface area contributed by atoms with E-state index in [0.717, 1.165) is 5.92 Å². The quantitative estimate of drug-likeness (QED) is 0.509. The van der Waals surface area contributed by atoms with Gasteiger partial charge in [0.15, 0.2) is 0 Å². The monoisotopic (exact) mass is 420 g/mol. The highest BCUT2D eigenvalue weighted by Gasteiger charge is 2.59. The predicted octanol–water partition coefficient (Wildman–Crippen LogP) is 6.56. The molecule has 0 aromatic heterocycles. The summed E-state index contributed by atoms with van der Waals surface area (Å²) >= 11 is 0. The van der Waals surface area contributed by atoms with Crippen LogP contribution in [-0.4, -0.2) is 14.4 Å². The lowest BCUT2D eigenvalue weighted by Gasteiger charge is -2.52. The van der Waals surface area contributed by atoms with Gasteiger partial charge in [0.1, 0.15) is 0 Å². The van der Waals surface area contributed by atoms with Gasteiger partial charge in [0.25, 0.3) is 8.32 Å². The summed E-state index contributed by atoms with van der Waals surface area (Å²) < 4.78 is 7.64. The molecule has 0 amide bonds. The van der Waals surface area contributed by atoms with Crippen molar-refractivity contribution in [2.45, 2.75) is 84.8 Å². The molecule has 0 radical (unpaired) electrons. The molecule has 2 aromatic rings. The van der Waals surface area contributed by atoms with Gasteiger partial charge in [0.05, 0.1) is 6.10 Å². The molecule has 4 rings (SSSR count). The van der Waals surface area contributed by atoms with E-state index in [1.807, 2.05) is 0 Å². The highest BCUT2D eigenvalue weighted by atomic mass is 28.4. The van der Waals surface area contributed by atoms with Crippen molar-refractivity contribution in [1.82, 2.24) is 0 Å². The van der Waals surface area contributed by atoms with Crippen LogP contribution in [0.1, 0.15) is 73.6 Å². The predicted molar refractivity (Wildman–Crippen MR) is 131 cm³/mol. The van der Waals surface area contributed by atoms with Gasteiger partial charge in [-0.3, -0.25) is 0 Å². The first-order valence-corrected chi connectivity index (χ1v) is 13.8. The van der Waals surface area contributed by atoms with E-state index < -0.39 is 8.32 Å². The van der Waals surface area contributed by atoms with Gasteiger partial charge in [-0.15, -0.1) is 0 Å². The Hall–Kier alpha value is -1.38. The zero-order chi connectivity index (χ0) is 21.6. The van der Waals surface area contributed by atoms with Crippen LogP contribution in [-0.2, 0) is 4.43 Å². The Morgan fingerprint density at radius 1 is 0.800 bits per heavy atom. The maximum absolute atomic E-state index is 7.64. The lowest BCUT2D eigenvalue weighted by molar-refractivity contribution is -0.0332. The van der Waals surface area contributed by atoms with E-state index in [2.05, 4.69) is 102 Å². The fraction of sp³-hybridized carbons (Fsp3) is 0.571. The number of hydrogen-bond donors (Lipinski definition) is 0. The summed E-state index contributed by atoms with van der Waals surface area (Å²) in [5.41, 5.74) is 0.714. The van der Waals surface area contributed by atoms with Gasteiger partial charge in [-0.25, -0.2) is 0 Å². The van der Waals surface area contributed by atoms with Crippen molar-refractivity contribution in [3.63, 3.8) is 0 Å². The van der Waals surface area contributed by atoms with Crippen LogP contribution in [0.2, 0.25) is 5.04 Å². The Balaban J connectivity index is 1.84. The molecule has 0 unspecified atom stereocenters. The fourth-order valence-electron chi connectivity index (χ4n) is 7.02. The highest BCUT2D eigenvalue weighted by molar-refractivity contribution is 6.99. The highest BCUT2D eigenvalue weighted by Crippen LogP contribution is 2.60. The maximum Gasteiger partial charge on any atom is 0.261 e. The van der Waals surface area contributed by atoms with E-state index in [4.69, 9.17) is 4.43 Å². The van der Waals surface area contributed by atoms with Crippen molar-refractivity contribution in [2.24, 2.45) is 16.7 Å². The molecule has 2 aromatic carbocycles. The molecule has 2 saturated carbocycles. The van der Waals surface area contributed by atoms with Crippen molar-refractivity contribution in [3.05, 3.63) is 60.7 Å². The number of rotatable bonds is 4. The summed E-state index contributed by atoms with van der Waals surface area (Å²) in [6.07, 6.45) is 6.86. The van der Waals surface area contributed by atoms with E-state index in [-0.39, 0.29) is 10.5 Å². The Morgan fingerprint density at radius 3 is 1.83 bits per heavy atom. The second-order valence-corrected chi connectivity index (χ2v) is 16.0. The zero-order valence-corrected chi connectivity index (χ0v) is 20.9. The molecule has 1 nitrogen and oxygen atoms in total. The molecule has 2 aliphatic rings. The first kappa shape index (κ1) is 21.8. The molecule has 0 aliphatic heterocycles. The average Bonchev–Trinajstić information content (AvgIpc) is 3.03. The molecule has 2 aliphatic carbocycles. The third-order valence-electron chi connectivity index (χ3n) is 8.46. The average molecular weight is 421 g/mol. The van der Waals surface area contributed by atoms with E-state index in [9.17, 15) is 0 Å². The number of hydrogen-bond acceptors (Lipinski definition) is 1. The van der Waals surface area contributed by atoms with Crippen molar-refractivity contribution in [1.29, 1.82) is 0 Å². The molecule has 0 N–H and O–H groups in total. The summed E-state index contributed by atoms with van der Waals surface area (Å²) in [5.74, 6) is 0.766. The van der Waals surface area contributed by atoms with Crippen molar-refractivity contribution >= 4 is 18.7 Å². The first-order valence-electron chi connectivity index (χ1n) is 11.9. The van der Waals surface area contributed by atoms with E-state index in [1.165, 1.54) is 42.5 Å². The molecule has 3 atom stereocenters. The summed E-state index contributed by atoms with van der Waals surface area (Å²) in [6, 6.07) is 22.3. The lowest BCUT2D eigenvalue weighted by Crippen LogP contribution is -2.68. The molecule has 2 heteroatoms. The van der Waals surface area contributed by atoms with Gasteiger partial charge in [0, 0.05) is 0 Å². The van der Waals surface area contributed by atoms with Crippen LogP contribution in [0.5, 0.6) is 0 Å². The summed E-state index contributed by atoms with van der Waals surface area (Å²) in [4.78, 5) is 0. The van der Waals surface area contributed by atoms with Crippen LogP contribution >= 0.6 is 0 Å². The minimum Gasteiger partial charge on any atom is -0.404 e. The van der Waals surface area contributed by atoms with Crippen LogP contribution in [0.3, 0.4) is 0 Å². The smallest absolute Gasteiger partial charge is 0.261 e. The number of fused-ring (bicyclic) bond motifs is 1. The first-order chi connectivity index (χ1) is 14.1. The normalized spacial score (nSPS) is 28.9. The standard InChI is InChI=1S/C28H40OSi/c1-26(2,3)30(22-14-9-7-10-15-22,23-16-11-8-12-17-23)29-25-19-18-24-27(4,5)20-13-21-28(24,25)6/h7-12,14-17,24-25H,13,18-21H2,1-6H3/t24-,25-,28-/m0/s1. The summed E-state index contributed by atoms with van der Waals surface area (Å²) in [6.45, 7) is 14.8. The van der Waals surface area contributed by atoms with Crippen molar-refractivity contribution in [3.8, 4) is 0 Å². The van der Waals surface area contributed by atoms with Gasteiger partial charge in [-0.2, -0.15) is 0 Å². The van der Waals surface area contributed by atoms with Gasteiger partial charge < -0.3 is 4.43 Å². The van der Waals surface area contributed by atoms with Crippen molar-refractivity contribution in [2.75, 3.05) is 0 Å². The summed E-state index contributed by atoms with van der Waals surface area (Å²) in [7, 11) is -2.48. The van der Waals surface area contributed by atoms with Gasteiger partial charge in [-0.1, -0.05) is 109 Å².